The van der Waals surface area contributed by atoms with E-state index in [2.05, 4.69) is 12.1 Å². The molecule has 1 heterocycles. The highest BCUT2D eigenvalue weighted by Crippen LogP contribution is 2.35. The van der Waals surface area contributed by atoms with Gasteiger partial charge in [0.1, 0.15) is 0 Å². The van der Waals surface area contributed by atoms with E-state index in [9.17, 15) is 14.9 Å². The number of esters is 1. The Balaban J connectivity index is 1.63. The standard InChI is InChI=1S/C23H17NO4/c25-23-20-9-5-4-8-19(20)22(28-23)21(24(26)27)18-14-12-17(13-15-18)11-10-16-6-2-1-3-7-16/h1-9,12-15H,10-11H2. The average molecular weight is 371 g/mol. The van der Waals surface area contributed by atoms with Crippen LogP contribution in [0.15, 0.2) is 78.9 Å². The number of hydrogen-bond donors (Lipinski definition) is 0. The Hall–Kier alpha value is -3.73. The van der Waals surface area contributed by atoms with E-state index in [1.54, 1.807) is 36.4 Å². The molecule has 0 saturated heterocycles. The van der Waals surface area contributed by atoms with Crippen molar-refractivity contribution < 1.29 is 14.5 Å². The number of fused-ring (bicyclic) bond motifs is 1. The first kappa shape index (κ1) is 17.7. The highest BCUT2D eigenvalue weighted by Gasteiger charge is 2.34. The van der Waals surface area contributed by atoms with Crippen LogP contribution in [0.1, 0.15) is 32.6 Å². The quantitative estimate of drug-likeness (QED) is 0.369. The van der Waals surface area contributed by atoms with Crippen LogP contribution in [-0.2, 0) is 17.6 Å². The predicted molar refractivity (Wildman–Crippen MR) is 106 cm³/mol. The Morgan fingerprint density at radius 1 is 0.786 bits per heavy atom. The lowest BCUT2D eigenvalue weighted by Gasteiger charge is -2.06. The van der Waals surface area contributed by atoms with E-state index in [1.807, 2.05) is 30.3 Å². The van der Waals surface area contributed by atoms with Gasteiger partial charge < -0.3 is 4.74 Å². The minimum atomic E-state index is -0.565. The molecule has 0 N–H and O–H groups in total. The minimum absolute atomic E-state index is 0.00244. The van der Waals surface area contributed by atoms with Gasteiger partial charge in [0, 0.05) is 5.56 Å². The Morgan fingerprint density at radius 2 is 1.36 bits per heavy atom. The lowest BCUT2D eigenvalue weighted by molar-refractivity contribution is -0.375. The van der Waals surface area contributed by atoms with Gasteiger partial charge in [-0.2, -0.15) is 0 Å². The molecule has 0 atom stereocenters. The first-order valence-corrected chi connectivity index (χ1v) is 8.97. The third-order valence-electron chi connectivity index (χ3n) is 4.76. The zero-order valence-corrected chi connectivity index (χ0v) is 15.0. The molecule has 1 aliphatic rings. The van der Waals surface area contributed by atoms with Crippen molar-refractivity contribution in [2.24, 2.45) is 0 Å². The number of nitrogens with zero attached hydrogens (tertiary/aromatic N) is 1. The number of ether oxygens (including phenoxy) is 1. The van der Waals surface area contributed by atoms with Gasteiger partial charge in [-0.3, -0.25) is 10.1 Å². The van der Waals surface area contributed by atoms with Crippen LogP contribution in [0.2, 0.25) is 0 Å². The van der Waals surface area contributed by atoms with Crippen molar-refractivity contribution in [1.29, 1.82) is 0 Å². The summed E-state index contributed by atoms with van der Waals surface area (Å²) in [7, 11) is 0. The molecule has 0 bridgehead atoms. The van der Waals surface area contributed by atoms with Crippen molar-refractivity contribution in [2.45, 2.75) is 12.8 Å². The molecule has 5 nitrogen and oxygen atoms in total. The fourth-order valence-corrected chi connectivity index (χ4v) is 3.32. The fourth-order valence-electron chi connectivity index (χ4n) is 3.32. The summed E-state index contributed by atoms with van der Waals surface area (Å²) in [6.07, 6.45) is 1.74. The second kappa shape index (κ2) is 7.48. The zero-order chi connectivity index (χ0) is 19.5. The second-order valence-corrected chi connectivity index (χ2v) is 6.55. The van der Waals surface area contributed by atoms with Gasteiger partial charge in [-0.05, 0) is 42.2 Å². The van der Waals surface area contributed by atoms with Gasteiger partial charge in [-0.15, -0.1) is 0 Å². The molecule has 1 aliphatic heterocycles. The average Bonchev–Trinajstić information content (AvgIpc) is 3.05. The summed E-state index contributed by atoms with van der Waals surface area (Å²) in [6, 6.07) is 24.0. The third-order valence-corrected chi connectivity index (χ3v) is 4.76. The van der Waals surface area contributed by atoms with Crippen molar-refractivity contribution >= 4 is 17.4 Å². The number of rotatable bonds is 5. The number of benzene rings is 3. The Bertz CT molecular complexity index is 1070. The number of hydrogen-bond acceptors (Lipinski definition) is 4. The molecule has 3 aromatic rings. The summed E-state index contributed by atoms with van der Waals surface area (Å²) < 4.78 is 5.24. The SMILES string of the molecule is O=C1OC(=C(c2ccc(CCc3ccccc3)cc2)[N+](=O)[O-])c2ccccc21. The van der Waals surface area contributed by atoms with E-state index >= 15 is 0 Å². The highest BCUT2D eigenvalue weighted by atomic mass is 16.6. The van der Waals surface area contributed by atoms with Crippen LogP contribution in [0.4, 0.5) is 0 Å². The molecule has 0 amide bonds. The van der Waals surface area contributed by atoms with Crippen molar-refractivity contribution in [2.75, 3.05) is 0 Å². The molecule has 5 heteroatoms. The lowest BCUT2D eigenvalue weighted by atomic mass is 10.0. The topological polar surface area (TPSA) is 69.4 Å². The predicted octanol–water partition coefficient (Wildman–Crippen LogP) is 4.74. The molecule has 0 aliphatic carbocycles. The van der Waals surface area contributed by atoms with Crippen molar-refractivity contribution in [3.63, 3.8) is 0 Å². The van der Waals surface area contributed by atoms with Gasteiger partial charge in [-0.25, -0.2) is 4.79 Å². The molecule has 0 unspecified atom stereocenters. The molecule has 0 aromatic heterocycles. The van der Waals surface area contributed by atoms with Crippen LogP contribution in [0.3, 0.4) is 0 Å². The van der Waals surface area contributed by atoms with Crippen LogP contribution < -0.4 is 0 Å². The van der Waals surface area contributed by atoms with E-state index in [-0.39, 0.29) is 11.5 Å². The van der Waals surface area contributed by atoms with E-state index in [0.717, 1.165) is 18.4 Å². The summed E-state index contributed by atoms with van der Waals surface area (Å²) in [5.41, 5.74) is 3.34. The molecule has 0 radical (unpaired) electrons. The second-order valence-electron chi connectivity index (χ2n) is 6.55. The molecular formula is C23H17NO4. The van der Waals surface area contributed by atoms with Gasteiger partial charge in [0.25, 0.3) is 0 Å². The molecule has 138 valence electrons. The molecule has 0 spiro atoms. The maximum atomic E-state index is 12.0. The van der Waals surface area contributed by atoms with Gasteiger partial charge in [0.05, 0.1) is 16.1 Å². The van der Waals surface area contributed by atoms with Crippen molar-refractivity contribution in [3.8, 4) is 0 Å². The maximum absolute atomic E-state index is 12.0. The lowest BCUT2D eigenvalue weighted by Crippen LogP contribution is -2.03. The van der Waals surface area contributed by atoms with Crippen LogP contribution in [-0.4, -0.2) is 10.9 Å². The summed E-state index contributed by atoms with van der Waals surface area (Å²) in [6.45, 7) is 0. The molecule has 3 aromatic carbocycles. The van der Waals surface area contributed by atoms with Gasteiger partial charge in [0.2, 0.25) is 5.76 Å². The van der Waals surface area contributed by atoms with E-state index in [4.69, 9.17) is 4.74 Å². The maximum Gasteiger partial charge on any atom is 0.344 e. The molecule has 4 rings (SSSR count). The largest absolute Gasteiger partial charge is 0.415 e. The minimum Gasteiger partial charge on any atom is -0.415 e. The van der Waals surface area contributed by atoms with Gasteiger partial charge in [-0.1, -0.05) is 60.7 Å². The van der Waals surface area contributed by atoms with Crippen LogP contribution >= 0.6 is 0 Å². The van der Waals surface area contributed by atoms with E-state index in [0.29, 0.717) is 16.7 Å². The first-order valence-electron chi connectivity index (χ1n) is 8.97. The molecule has 0 saturated carbocycles. The van der Waals surface area contributed by atoms with E-state index in [1.165, 1.54) is 5.56 Å². The van der Waals surface area contributed by atoms with Gasteiger partial charge >= 0.3 is 11.7 Å². The first-order chi connectivity index (χ1) is 13.6. The summed E-state index contributed by atoms with van der Waals surface area (Å²) in [5, 5.41) is 11.8. The Kier molecular flexibility index (Phi) is 4.72. The number of carbonyl (C=O) groups excluding carboxylic acids is 1. The van der Waals surface area contributed by atoms with Crippen molar-refractivity contribution in [3.05, 3.63) is 117 Å². The Morgan fingerprint density at radius 3 is 2.00 bits per heavy atom. The summed E-state index contributed by atoms with van der Waals surface area (Å²) in [4.78, 5) is 23.3. The zero-order valence-electron chi connectivity index (χ0n) is 15.0. The summed E-state index contributed by atoms with van der Waals surface area (Å²) in [5.74, 6) is -0.563. The van der Waals surface area contributed by atoms with Gasteiger partial charge in [0.15, 0.2) is 0 Å². The number of nitro groups is 1. The molecular weight excluding hydrogens is 354 g/mol. The highest BCUT2D eigenvalue weighted by molar-refractivity contribution is 6.06. The third kappa shape index (κ3) is 3.42. The normalized spacial score (nSPS) is 14.4. The monoisotopic (exact) mass is 371 g/mol. The van der Waals surface area contributed by atoms with Crippen LogP contribution in [0.25, 0.3) is 11.5 Å². The van der Waals surface area contributed by atoms with Crippen molar-refractivity contribution in [1.82, 2.24) is 0 Å². The van der Waals surface area contributed by atoms with Crippen LogP contribution in [0.5, 0.6) is 0 Å². The number of carbonyl (C=O) groups is 1. The Labute approximate surface area is 162 Å². The van der Waals surface area contributed by atoms with Crippen LogP contribution in [0, 0.1) is 10.1 Å². The molecule has 28 heavy (non-hydrogen) atoms. The fraction of sp³-hybridized carbons (Fsp3) is 0.0870. The summed E-state index contributed by atoms with van der Waals surface area (Å²) >= 11 is 0. The number of aryl methyl sites for hydroxylation is 2. The molecule has 0 fully saturated rings. The smallest absolute Gasteiger partial charge is 0.344 e. The van der Waals surface area contributed by atoms with E-state index < -0.39 is 10.9 Å². The number of cyclic esters (lactones) is 1.